The molecule has 0 aliphatic carbocycles. The van der Waals surface area contributed by atoms with Gasteiger partial charge in [0.2, 0.25) is 5.91 Å². The minimum atomic E-state index is -0.939. The second-order valence-corrected chi connectivity index (χ2v) is 5.85. The lowest BCUT2D eigenvalue weighted by molar-refractivity contribution is -0.119. The molecule has 0 bridgehead atoms. The first kappa shape index (κ1) is 15.4. The topological polar surface area (TPSA) is 69.6 Å². The number of carboxylic acid groups (broad SMARTS) is 1. The van der Waals surface area contributed by atoms with Crippen molar-refractivity contribution in [3.05, 3.63) is 29.3 Å². The molecule has 2 N–H and O–H groups in total. The van der Waals surface area contributed by atoms with Crippen molar-refractivity contribution in [3.8, 4) is 0 Å². The number of fused-ring (bicyclic) bond motifs is 1. The summed E-state index contributed by atoms with van der Waals surface area (Å²) in [6.45, 7) is 5.98. The van der Waals surface area contributed by atoms with Gasteiger partial charge in [0.1, 0.15) is 0 Å². The van der Waals surface area contributed by atoms with Gasteiger partial charge in [-0.3, -0.25) is 4.79 Å². The van der Waals surface area contributed by atoms with Gasteiger partial charge < -0.3 is 15.3 Å². The van der Waals surface area contributed by atoms with Crippen LogP contribution in [0, 0.1) is 5.92 Å². The number of nitrogens with zero attached hydrogens (tertiary/aromatic N) is 1. The van der Waals surface area contributed by atoms with E-state index in [1.54, 1.807) is 12.1 Å². The summed E-state index contributed by atoms with van der Waals surface area (Å²) < 4.78 is 0. The summed E-state index contributed by atoms with van der Waals surface area (Å²) in [6.07, 6.45) is 1.82. The smallest absolute Gasteiger partial charge is 0.335 e. The molecule has 1 heterocycles. The van der Waals surface area contributed by atoms with Gasteiger partial charge in [-0.15, -0.1) is 0 Å². The Morgan fingerprint density at radius 1 is 1.38 bits per heavy atom. The molecule has 0 fully saturated rings. The highest BCUT2D eigenvalue weighted by atomic mass is 16.4. The quantitative estimate of drug-likeness (QED) is 0.839. The van der Waals surface area contributed by atoms with Crippen LogP contribution in [0.25, 0.3) is 0 Å². The Bertz CT molecular complexity index is 540. The molecule has 0 saturated heterocycles. The molecule has 2 rings (SSSR count). The number of carboxylic acids is 1. The van der Waals surface area contributed by atoms with Crippen LogP contribution in [0.3, 0.4) is 0 Å². The van der Waals surface area contributed by atoms with E-state index < -0.39 is 5.97 Å². The third kappa shape index (κ3) is 3.97. The standard InChI is InChI=1S/C16H22N2O3/c1-11(2)5-7-17-15(19)10-18-8-6-12-3-4-13(16(20)21)9-14(12)18/h3-4,9,11H,5-8,10H2,1-2H3,(H,17,19)(H,20,21). The predicted octanol–water partition coefficient (Wildman–Crippen LogP) is 1.91. The van der Waals surface area contributed by atoms with Crippen molar-refractivity contribution in [1.82, 2.24) is 5.32 Å². The average Bonchev–Trinajstić information content (AvgIpc) is 2.80. The second kappa shape index (κ2) is 6.61. The molecule has 1 aliphatic heterocycles. The minimum Gasteiger partial charge on any atom is -0.478 e. The number of carbonyl (C=O) groups excluding carboxylic acids is 1. The number of rotatable bonds is 6. The van der Waals surface area contributed by atoms with Crippen molar-refractivity contribution in [2.45, 2.75) is 26.7 Å². The van der Waals surface area contributed by atoms with Crippen LogP contribution in [-0.4, -0.2) is 36.6 Å². The van der Waals surface area contributed by atoms with E-state index in [0.717, 1.165) is 30.6 Å². The average molecular weight is 290 g/mol. The molecule has 1 aromatic rings. The Labute approximate surface area is 125 Å². The number of benzene rings is 1. The predicted molar refractivity (Wildman–Crippen MR) is 81.8 cm³/mol. The van der Waals surface area contributed by atoms with Gasteiger partial charge in [-0.2, -0.15) is 0 Å². The number of hydrogen-bond acceptors (Lipinski definition) is 3. The molecule has 0 saturated carbocycles. The highest BCUT2D eigenvalue weighted by Gasteiger charge is 2.22. The van der Waals surface area contributed by atoms with Crippen LogP contribution in [0.15, 0.2) is 18.2 Å². The van der Waals surface area contributed by atoms with Crippen LogP contribution in [0.1, 0.15) is 36.2 Å². The number of hydrogen-bond donors (Lipinski definition) is 2. The lowest BCUT2D eigenvalue weighted by Crippen LogP contribution is -2.37. The van der Waals surface area contributed by atoms with Gasteiger partial charge in [0.05, 0.1) is 12.1 Å². The number of aromatic carboxylic acids is 1. The molecule has 5 nitrogen and oxygen atoms in total. The van der Waals surface area contributed by atoms with Gasteiger partial charge >= 0.3 is 5.97 Å². The summed E-state index contributed by atoms with van der Waals surface area (Å²) in [4.78, 5) is 24.9. The van der Waals surface area contributed by atoms with E-state index in [1.807, 2.05) is 11.0 Å². The maximum Gasteiger partial charge on any atom is 0.335 e. The summed E-state index contributed by atoms with van der Waals surface area (Å²) in [6, 6.07) is 5.12. The molecule has 114 valence electrons. The van der Waals surface area contributed by atoms with Crippen molar-refractivity contribution in [1.29, 1.82) is 0 Å². The summed E-state index contributed by atoms with van der Waals surface area (Å²) >= 11 is 0. The molecule has 0 unspecified atom stereocenters. The molecule has 1 aromatic carbocycles. The van der Waals surface area contributed by atoms with Crippen LogP contribution >= 0.6 is 0 Å². The van der Waals surface area contributed by atoms with Crippen LogP contribution in [0.5, 0.6) is 0 Å². The second-order valence-electron chi connectivity index (χ2n) is 5.85. The maximum atomic E-state index is 11.9. The zero-order chi connectivity index (χ0) is 15.4. The zero-order valence-electron chi connectivity index (χ0n) is 12.6. The van der Waals surface area contributed by atoms with Crippen molar-refractivity contribution in [3.63, 3.8) is 0 Å². The molecule has 5 heteroatoms. The van der Waals surface area contributed by atoms with E-state index in [9.17, 15) is 9.59 Å². The molecule has 21 heavy (non-hydrogen) atoms. The normalized spacial score (nSPS) is 13.4. The van der Waals surface area contributed by atoms with E-state index in [2.05, 4.69) is 19.2 Å². The fraction of sp³-hybridized carbons (Fsp3) is 0.500. The molecular formula is C16H22N2O3. The fourth-order valence-electron chi connectivity index (χ4n) is 2.47. The first-order valence-corrected chi connectivity index (χ1v) is 7.35. The SMILES string of the molecule is CC(C)CCNC(=O)CN1CCc2ccc(C(=O)O)cc21. The Morgan fingerprint density at radius 3 is 2.81 bits per heavy atom. The zero-order valence-corrected chi connectivity index (χ0v) is 12.6. The number of nitrogens with one attached hydrogen (secondary N) is 1. The van der Waals surface area contributed by atoms with Crippen LogP contribution in [0.2, 0.25) is 0 Å². The summed E-state index contributed by atoms with van der Waals surface area (Å²) in [7, 11) is 0. The van der Waals surface area contributed by atoms with E-state index >= 15 is 0 Å². The van der Waals surface area contributed by atoms with Gasteiger partial charge in [-0.05, 0) is 36.5 Å². The summed E-state index contributed by atoms with van der Waals surface area (Å²) in [5.74, 6) is -0.383. The van der Waals surface area contributed by atoms with E-state index in [-0.39, 0.29) is 18.0 Å². The largest absolute Gasteiger partial charge is 0.478 e. The maximum absolute atomic E-state index is 11.9. The van der Waals surface area contributed by atoms with E-state index in [4.69, 9.17) is 5.11 Å². The Kier molecular flexibility index (Phi) is 4.83. The Morgan fingerprint density at radius 2 is 2.14 bits per heavy atom. The molecule has 0 atom stereocenters. The van der Waals surface area contributed by atoms with Gasteiger partial charge in [0, 0.05) is 18.8 Å². The fourth-order valence-corrected chi connectivity index (χ4v) is 2.47. The highest BCUT2D eigenvalue weighted by Crippen LogP contribution is 2.28. The van der Waals surface area contributed by atoms with Crippen molar-refractivity contribution >= 4 is 17.6 Å². The van der Waals surface area contributed by atoms with Crippen molar-refractivity contribution < 1.29 is 14.7 Å². The lowest BCUT2D eigenvalue weighted by Gasteiger charge is -2.19. The van der Waals surface area contributed by atoms with Gasteiger partial charge in [0.25, 0.3) is 0 Å². The van der Waals surface area contributed by atoms with Crippen LogP contribution in [0.4, 0.5) is 5.69 Å². The Balaban J connectivity index is 1.97. The summed E-state index contributed by atoms with van der Waals surface area (Å²) in [5.41, 5.74) is 2.24. The van der Waals surface area contributed by atoms with Crippen LogP contribution in [-0.2, 0) is 11.2 Å². The van der Waals surface area contributed by atoms with E-state index in [1.165, 1.54) is 0 Å². The summed E-state index contributed by atoms with van der Waals surface area (Å²) in [5, 5.41) is 12.0. The molecular weight excluding hydrogens is 268 g/mol. The highest BCUT2D eigenvalue weighted by molar-refractivity contribution is 5.90. The minimum absolute atomic E-state index is 0.00997. The number of anilines is 1. The van der Waals surface area contributed by atoms with Gasteiger partial charge in [-0.1, -0.05) is 19.9 Å². The Hall–Kier alpha value is -2.04. The number of amides is 1. The van der Waals surface area contributed by atoms with Crippen LogP contribution < -0.4 is 10.2 Å². The third-order valence-corrected chi connectivity index (χ3v) is 3.70. The van der Waals surface area contributed by atoms with Crippen molar-refractivity contribution in [2.24, 2.45) is 5.92 Å². The number of carbonyl (C=O) groups is 2. The van der Waals surface area contributed by atoms with Gasteiger partial charge in [-0.25, -0.2) is 4.79 Å². The van der Waals surface area contributed by atoms with Gasteiger partial charge in [0.15, 0.2) is 0 Å². The lowest BCUT2D eigenvalue weighted by atomic mass is 10.1. The molecule has 1 aliphatic rings. The van der Waals surface area contributed by atoms with E-state index in [0.29, 0.717) is 12.5 Å². The first-order valence-electron chi connectivity index (χ1n) is 7.35. The molecule has 0 spiro atoms. The third-order valence-electron chi connectivity index (χ3n) is 3.70. The first-order chi connectivity index (χ1) is 9.97. The molecule has 1 amide bonds. The van der Waals surface area contributed by atoms with Crippen molar-refractivity contribution in [2.75, 3.05) is 24.5 Å². The monoisotopic (exact) mass is 290 g/mol. The molecule has 0 radical (unpaired) electrons. The molecule has 0 aromatic heterocycles.